The van der Waals surface area contributed by atoms with E-state index in [1.807, 2.05) is 0 Å². The van der Waals surface area contributed by atoms with Crippen molar-refractivity contribution in [3.05, 3.63) is 26.6 Å². The number of rotatable bonds is 0. The van der Waals surface area contributed by atoms with E-state index in [1.165, 1.54) is 4.57 Å². The average Bonchev–Trinajstić information content (AvgIpc) is 2.75. The molecule has 0 aliphatic carbocycles. The van der Waals surface area contributed by atoms with Crippen LogP contribution >= 0.6 is 11.7 Å². The number of hydrogen-bond acceptors (Lipinski definition) is 7. The molecule has 3 rings (SSSR count). The molecule has 0 atom stereocenters. The van der Waals surface area contributed by atoms with Gasteiger partial charge >= 0.3 is 5.63 Å². The van der Waals surface area contributed by atoms with Crippen molar-refractivity contribution in [2.24, 2.45) is 7.05 Å². The zero-order valence-corrected chi connectivity index (χ0v) is 9.74. The molecule has 0 unspecified atom stereocenters. The molecule has 17 heavy (non-hydrogen) atoms. The first kappa shape index (κ1) is 10.1. The van der Waals surface area contributed by atoms with E-state index in [1.54, 1.807) is 14.0 Å². The summed E-state index contributed by atoms with van der Waals surface area (Å²) < 4.78 is 14.1. The van der Waals surface area contributed by atoms with Gasteiger partial charge in [-0.25, -0.2) is 4.79 Å². The van der Waals surface area contributed by atoms with Crippen LogP contribution in [0.3, 0.4) is 0 Å². The Hall–Kier alpha value is -2.09. The minimum absolute atomic E-state index is 0.0100. The Morgan fingerprint density at radius 3 is 2.71 bits per heavy atom. The Kier molecular flexibility index (Phi) is 1.90. The van der Waals surface area contributed by atoms with Crippen LogP contribution in [0.1, 0.15) is 5.82 Å². The molecular weight excluding hydrogens is 244 g/mol. The van der Waals surface area contributed by atoms with E-state index in [0.717, 1.165) is 11.7 Å². The first-order chi connectivity index (χ1) is 8.09. The minimum Gasteiger partial charge on any atom is -0.402 e. The average molecular weight is 250 g/mol. The van der Waals surface area contributed by atoms with Crippen LogP contribution in [0.2, 0.25) is 0 Å². The maximum absolute atomic E-state index is 12.1. The number of aryl methyl sites for hydroxylation is 1. The van der Waals surface area contributed by atoms with Crippen LogP contribution < -0.4 is 11.2 Å². The molecule has 7 nitrogen and oxygen atoms in total. The predicted molar refractivity (Wildman–Crippen MR) is 61.2 cm³/mol. The smallest absolute Gasteiger partial charge is 0.367 e. The molecule has 3 aromatic heterocycles. The molecule has 0 aromatic carbocycles. The van der Waals surface area contributed by atoms with Crippen LogP contribution in [0.5, 0.6) is 0 Å². The van der Waals surface area contributed by atoms with Gasteiger partial charge in [0.15, 0.2) is 5.52 Å². The Balaban J connectivity index is 2.76. The van der Waals surface area contributed by atoms with Crippen molar-refractivity contribution in [2.45, 2.75) is 6.92 Å². The van der Waals surface area contributed by atoms with E-state index in [-0.39, 0.29) is 27.7 Å². The number of fused-ring (bicyclic) bond motifs is 3. The second kappa shape index (κ2) is 3.20. The molecule has 3 heterocycles. The monoisotopic (exact) mass is 250 g/mol. The Labute approximate surface area is 97.7 Å². The first-order valence-corrected chi connectivity index (χ1v) is 5.45. The van der Waals surface area contributed by atoms with Gasteiger partial charge in [-0.3, -0.25) is 9.36 Å². The first-order valence-electron chi connectivity index (χ1n) is 4.72. The van der Waals surface area contributed by atoms with Gasteiger partial charge in [-0.1, -0.05) is 0 Å². The fourth-order valence-corrected chi connectivity index (χ4v) is 2.13. The highest BCUT2D eigenvalue weighted by atomic mass is 32.1. The zero-order chi connectivity index (χ0) is 12.2. The van der Waals surface area contributed by atoms with Crippen molar-refractivity contribution in [3.63, 3.8) is 0 Å². The number of hydrogen-bond donors (Lipinski definition) is 0. The molecule has 0 radical (unpaired) electrons. The van der Waals surface area contributed by atoms with Crippen LogP contribution in [0.25, 0.3) is 22.1 Å². The molecule has 0 amide bonds. The lowest BCUT2D eigenvalue weighted by Crippen LogP contribution is -2.21. The quantitative estimate of drug-likeness (QED) is 0.566. The highest BCUT2D eigenvalue weighted by molar-refractivity contribution is 7.00. The van der Waals surface area contributed by atoms with Crippen molar-refractivity contribution in [2.75, 3.05) is 0 Å². The highest BCUT2D eigenvalue weighted by Gasteiger charge is 2.16. The molecule has 0 saturated carbocycles. The number of aromatic nitrogens is 4. The van der Waals surface area contributed by atoms with E-state index in [9.17, 15) is 9.59 Å². The molecule has 3 aromatic rings. The van der Waals surface area contributed by atoms with Crippen LogP contribution in [0.4, 0.5) is 0 Å². The summed E-state index contributed by atoms with van der Waals surface area (Å²) in [6.07, 6.45) is 0. The van der Waals surface area contributed by atoms with Gasteiger partial charge in [0.25, 0.3) is 5.56 Å². The zero-order valence-electron chi connectivity index (χ0n) is 8.92. The summed E-state index contributed by atoms with van der Waals surface area (Å²) in [5.41, 5.74) is -0.578. The van der Waals surface area contributed by atoms with E-state index < -0.39 is 5.63 Å². The van der Waals surface area contributed by atoms with Crippen molar-refractivity contribution in [1.82, 2.24) is 18.3 Å². The van der Waals surface area contributed by atoms with Gasteiger partial charge < -0.3 is 4.42 Å². The van der Waals surface area contributed by atoms with Crippen molar-refractivity contribution in [3.8, 4) is 0 Å². The summed E-state index contributed by atoms with van der Waals surface area (Å²) in [7, 11) is 1.60. The molecule has 0 saturated heterocycles. The summed E-state index contributed by atoms with van der Waals surface area (Å²) in [6, 6.07) is 0. The minimum atomic E-state index is -0.624. The lowest BCUT2D eigenvalue weighted by atomic mass is 10.3. The standard InChI is InChI=1S/C9H6N4O3S/c1-3-10-7-4(8(14)13(3)2)5-6(9(15)16-7)12-17-11-5/h1-2H3. The van der Waals surface area contributed by atoms with Gasteiger partial charge in [-0.05, 0) is 6.92 Å². The fourth-order valence-electron chi connectivity index (χ4n) is 1.58. The van der Waals surface area contributed by atoms with Crippen LogP contribution in [-0.4, -0.2) is 18.3 Å². The van der Waals surface area contributed by atoms with Crippen LogP contribution in [0, 0.1) is 6.92 Å². The number of nitrogens with zero attached hydrogens (tertiary/aromatic N) is 4. The second-order valence-corrected chi connectivity index (χ2v) is 4.08. The molecular formula is C9H6N4O3S. The molecule has 0 spiro atoms. The van der Waals surface area contributed by atoms with E-state index in [2.05, 4.69) is 13.7 Å². The third-order valence-corrected chi connectivity index (χ3v) is 3.12. The van der Waals surface area contributed by atoms with Gasteiger partial charge in [0.1, 0.15) is 16.7 Å². The summed E-state index contributed by atoms with van der Waals surface area (Å²) in [4.78, 5) is 27.7. The highest BCUT2D eigenvalue weighted by Crippen LogP contribution is 2.16. The lowest BCUT2D eigenvalue weighted by Gasteiger charge is -2.03. The van der Waals surface area contributed by atoms with Gasteiger partial charge in [0, 0.05) is 7.05 Å². The third kappa shape index (κ3) is 1.24. The van der Waals surface area contributed by atoms with E-state index in [0.29, 0.717) is 5.82 Å². The van der Waals surface area contributed by atoms with Gasteiger partial charge in [0.2, 0.25) is 5.71 Å². The van der Waals surface area contributed by atoms with E-state index in [4.69, 9.17) is 4.42 Å². The van der Waals surface area contributed by atoms with Crippen LogP contribution in [0.15, 0.2) is 14.0 Å². The SMILES string of the molecule is Cc1nc2oc(=O)c3nsnc3c2c(=O)n1C. The Morgan fingerprint density at radius 1 is 1.24 bits per heavy atom. The second-order valence-electron chi connectivity index (χ2n) is 3.55. The predicted octanol–water partition coefficient (Wildman–Crippen LogP) is 0.200. The molecule has 8 heteroatoms. The van der Waals surface area contributed by atoms with Crippen molar-refractivity contribution >= 4 is 33.9 Å². The maximum Gasteiger partial charge on any atom is 0.367 e. The summed E-state index contributed by atoms with van der Waals surface area (Å²) in [5.74, 6) is 0.466. The normalized spacial score (nSPS) is 11.4. The summed E-state index contributed by atoms with van der Waals surface area (Å²) in [6.45, 7) is 1.66. The molecule has 0 fully saturated rings. The largest absolute Gasteiger partial charge is 0.402 e. The molecule has 86 valence electrons. The van der Waals surface area contributed by atoms with Gasteiger partial charge in [-0.15, -0.1) is 0 Å². The lowest BCUT2D eigenvalue weighted by molar-refractivity contribution is 0.550. The molecule has 0 bridgehead atoms. The van der Waals surface area contributed by atoms with E-state index >= 15 is 0 Å². The van der Waals surface area contributed by atoms with Crippen LogP contribution in [-0.2, 0) is 7.05 Å². The Bertz CT molecular complexity index is 860. The fraction of sp³-hybridized carbons (Fsp3) is 0.222. The third-order valence-electron chi connectivity index (χ3n) is 2.59. The molecule has 0 aliphatic rings. The summed E-state index contributed by atoms with van der Waals surface area (Å²) in [5, 5.41) is 0.196. The van der Waals surface area contributed by atoms with Gasteiger partial charge in [0.05, 0.1) is 11.7 Å². The topological polar surface area (TPSA) is 90.9 Å². The van der Waals surface area contributed by atoms with Gasteiger partial charge in [-0.2, -0.15) is 13.7 Å². The van der Waals surface area contributed by atoms with Crippen molar-refractivity contribution < 1.29 is 4.42 Å². The maximum atomic E-state index is 12.1. The molecule has 0 aliphatic heterocycles. The van der Waals surface area contributed by atoms with Crippen molar-refractivity contribution in [1.29, 1.82) is 0 Å². The summed E-state index contributed by atoms with van der Waals surface area (Å²) >= 11 is 0.865. The molecule has 0 N–H and O–H groups in total. The Morgan fingerprint density at radius 2 is 1.94 bits per heavy atom.